The van der Waals surface area contributed by atoms with Gasteiger partial charge in [0, 0.05) is 37.2 Å². The van der Waals surface area contributed by atoms with E-state index in [1.54, 1.807) is 11.1 Å². The fourth-order valence-corrected chi connectivity index (χ4v) is 23.0. The van der Waals surface area contributed by atoms with E-state index in [4.69, 9.17) is 9.47 Å². The average molecular weight is 1140 g/mol. The fourth-order valence-electron chi connectivity index (χ4n) is 20.7. The lowest BCUT2D eigenvalue weighted by atomic mass is 9.47. The van der Waals surface area contributed by atoms with Gasteiger partial charge in [0.05, 0.1) is 0 Å². The Morgan fingerprint density at radius 2 is 0.825 bits per heavy atom. The smallest absolute Gasteiger partial charge is 0.306 e. The van der Waals surface area contributed by atoms with Gasteiger partial charge >= 0.3 is 11.9 Å². The van der Waals surface area contributed by atoms with Gasteiger partial charge in [-0.25, -0.2) is 0 Å². The highest BCUT2D eigenvalue weighted by molar-refractivity contribution is 8.76. The number of unbranched alkanes of at least 4 members (excludes halogenated alkanes) is 12. The Bertz CT molecular complexity index is 1840. The van der Waals surface area contributed by atoms with Crippen molar-refractivity contribution in [3.63, 3.8) is 0 Å². The van der Waals surface area contributed by atoms with Gasteiger partial charge in [-0.2, -0.15) is 0 Å². The van der Waals surface area contributed by atoms with E-state index in [1.165, 1.54) is 191 Å². The fraction of sp³-hybridized carbons (Fsp3) is 0.919. The van der Waals surface area contributed by atoms with Crippen LogP contribution in [-0.4, -0.2) is 35.7 Å². The zero-order valence-electron chi connectivity index (χ0n) is 54.0. The number of carbonyl (C=O) groups is 2. The van der Waals surface area contributed by atoms with Crippen molar-refractivity contribution in [1.82, 2.24) is 0 Å². The SMILES string of the molecule is CC(C)CCC[C@@H](C)[C@H]1CC[C@H]2[C@@H]3CC=C4CC(OC(=O)CCCCCCCCCSSCCCCCCCCCC(=O)OC5CC[C@@]6(C)C(=CC[C@H]7[C@@H]8CC[C@H]([C@H](C)CCCC(C)C)[C@@]8(C)CC[C@@H]76)C5)CC[C@]4(C)[C@H]3CC[C@]12C. The average Bonchev–Trinajstić information content (AvgIpc) is 4.16. The summed E-state index contributed by atoms with van der Waals surface area (Å²) in [5.74, 6) is 13.0. The molecule has 16 atom stereocenters. The first-order valence-corrected chi connectivity index (χ1v) is 38.0. The summed E-state index contributed by atoms with van der Waals surface area (Å²) in [6.45, 7) is 25.4. The molecule has 80 heavy (non-hydrogen) atoms. The van der Waals surface area contributed by atoms with Crippen LogP contribution < -0.4 is 0 Å². The van der Waals surface area contributed by atoms with Crippen molar-refractivity contribution >= 4 is 33.5 Å². The molecule has 0 saturated heterocycles. The summed E-state index contributed by atoms with van der Waals surface area (Å²) in [5.41, 5.74) is 4.99. The number of ether oxygens (including phenoxy) is 2. The summed E-state index contributed by atoms with van der Waals surface area (Å²) in [5, 5.41) is 0. The molecule has 6 heteroatoms. The molecule has 458 valence electrons. The molecule has 8 aliphatic rings. The summed E-state index contributed by atoms with van der Waals surface area (Å²) in [6, 6.07) is 0. The molecular formula is C74H126O4S2. The molecule has 0 spiro atoms. The quantitative estimate of drug-likeness (QED) is 0.0283. The Hall–Kier alpha value is -0.880. The molecule has 0 radical (unpaired) electrons. The standard InChI is InChI=1S/C74H126O4S2/c1-53(2)27-25-29-55(5)63-37-39-65-61-35-33-57-51-59(41-45-71(57,7)67(61)43-47-73(63,65)9)77-69(75)31-21-17-13-11-15-19-23-49-79-80-50-24-20-16-12-14-18-22-32-70(76)78-60-42-46-72(8)58(52-60)34-36-62-66-40-38-64(56(6)30-26-28-54(3)4)74(66,10)48-44-68(62)72/h33-34,53-56,59-68H,11-32,35-52H2,1-10H3/t55-,56-,59?,60?,61+,62+,63-,64-,65+,66+,67+,68+,71+,72+,73-,74-/m1/s1. The molecule has 0 bridgehead atoms. The minimum absolute atomic E-state index is 0.0533. The first-order chi connectivity index (χ1) is 38.5. The Labute approximate surface area is 502 Å². The second-order valence-electron chi connectivity index (χ2n) is 31.4. The molecule has 0 amide bonds. The predicted octanol–water partition coefficient (Wildman–Crippen LogP) is 22.5. The number of hydrogen-bond acceptors (Lipinski definition) is 6. The highest BCUT2D eigenvalue weighted by Gasteiger charge is 2.61. The van der Waals surface area contributed by atoms with Gasteiger partial charge in [-0.1, -0.05) is 217 Å². The van der Waals surface area contributed by atoms with E-state index in [9.17, 15) is 9.59 Å². The molecule has 0 aromatic heterocycles. The predicted molar refractivity (Wildman–Crippen MR) is 345 cm³/mol. The maximum Gasteiger partial charge on any atom is 0.306 e. The second-order valence-corrected chi connectivity index (χ2v) is 34.1. The van der Waals surface area contributed by atoms with Crippen molar-refractivity contribution in [2.45, 2.75) is 325 Å². The minimum Gasteiger partial charge on any atom is -0.462 e. The maximum atomic E-state index is 13.0. The van der Waals surface area contributed by atoms with Gasteiger partial charge in [0.15, 0.2) is 0 Å². The molecule has 6 fully saturated rings. The topological polar surface area (TPSA) is 52.6 Å². The Balaban J connectivity index is 0.578. The maximum absolute atomic E-state index is 13.0. The normalized spacial score (nSPS) is 36.2. The molecule has 8 aliphatic carbocycles. The van der Waals surface area contributed by atoms with Crippen LogP contribution in [0.25, 0.3) is 0 Å². The lowest BCUT2D eigenvalue weighted by molar-refractivity contribution is -0.152. The summed E-state index contributed by atoms with van der Waals surface area (Å²) in [6.07, 6.45) is 53.0. The van der Waals surface area contributed by atoms with Crippen LogP contribution in [0, 0.1) is 92.7 Å². The van der Waals surface area contributed by atoms with E-state index in [1.807, 2.05) is 0 Å². The Kier molecular flexibility index (Phi) is 24.9. The lowest BCUT2D eigenvalue weighted by Gasteiger charge is -2.58. The van der Waals surface area contributed by atoms with E-state index in [-0.39, 0.29) is 24.1 Å². The Morgan fingerprint density at radius 3 is 1.21 bits per heavy atom. The number of fused-ring (bicyclic) bond motifs is 10. The molecule has 0 N–H and O–H groups in total. The van der Waals surface area contributed by atoms with Crippen LogP contribution in [0.1, 0.15) is 313 Å². The Morgan fingerprint density at radius 1 is 0.450 bits per heavy atom. The van der Waals surface area contributed by atoms with Gasteiger partial charge in [-0.05, 0) is 208 Å². The number of hydrogen-bond donors (Lipinski definition) is 0. The van der Waals surface area contributed by atoms with E-state index in [0.29, 0.717) is 34.5 Å². The van der Waals surface area contributed by atoms with Crippen LogP contribution in [0.3, 0.4) is 0 Å². The van der Waals surface area contributed by atoms with Crippen LogP contribution in [0.2, 0.25) is 0 Å². The van der Waals surface area contributed by atoms with Crippen molar-refractivity contribution in [2.24, 2.45) is 92.7 Å². The van der Waals surface area contributed by atoms with Crippen LogP contribution in [0.15, 0.2) is 23.3 Å². The zero-order valence-corrected chi connectivity index (χ0v) is 55.6. The molecule has 8 rings (SSSR count). The van der Waals surface area contributed by atoms with Gasteiger partial charge in [0.2, 0.25) is 0 Å². The molecular weight excluding hydrogens is 1020 g/mol. The molecule has 0 aromatic rings. The van der Waals surface area contributed by atoms with Gasteiger partial charge in [-0.3, -0.25) is 9.59 Å². The van der Waals surface area contributed by atoms with E-state index < -0.39 is 0 Å². The van der Waals surface area contributed by atoms with Crippen molar-refractivity contribution in [1.29, 1.82) is 0 Å². The van der Waals surface area contributed by atoms with E-state index in [2.05, 4.69) is 103 Å². The van der Waals surface area contributed by atoms with Crippen LogP contribution in [-0.2, 0) is 19.1 Å². The highest BCUT2D eigenvalue weighted by atomic mass is 33.1. The number of rotatable bonds is 33. The van der Waals surface area contributed by atoms with Crippen molar-refractivity contribution in [2.75, 3.05) is 11.5 Å². The van der Waals surface area contributed by atoms with Crippen LogP contribution in [0.5, 0.6) is 0 Å². The third-order valence-electron chi connectivity index (χ3n) is 25.4. The highest BCUT2D eigenvalue weighted by Crippen LogP contribution is 2.69. The zero-order chi connectivity index (χ0) is 56.9. The summed E-state index contributed by atoms with van der Waals surface area (Å²) >= 11 is 0. The van der Waals surface area contributed by atoms with Gasteiger partial charge in [0.1, 0.15) is 12.2 Å². The monoisotopic (exact) mass is 1140 g/mol. The molecule has 2 unspecified atom stereocenters. The first-order valence-electron chi connectivity index (χ1n) is 35.5. The summed E-state index contributed by atoms with van der Waals surface area (Å²) in [4.78, 5) is 26.0. The molecule has 4 nitrogen and oxygen atoms in total. The van der Waals surface area contributed by atoms with Crippen molar-refractivity contribution in [3.05, 3.63) is 23.3 Å². The number of allylic oxidation sites excluding steroid dienone is 2. The van der Waals surface area contributed by atoms with Gasteiger partial charge < -0.3 is 9.47 Å². The molecule has 0 heterocycles. The largest absolute Gasteiger partial charge is 0.462 e. The van der Waals surface area contributed by atoms with Gasteiger partial charge in [0.25, 0.3) is 0 Å². The minimum atomic E-state index is 0.0533. The molecule has 6 saturated carbocycles. The van der Waals surface area contributed by atoms with Crippen LogP contribution in [0.4, 0.5) is 0 Å². The third kappa shape index (κ3) is 16.2. The first kappa shape index (κ1) is 65.1. The number of carbonyl (C=O) groups excluding carboxylic acids is 2. The van der Waals surface area contributed by atoms with E-state index in [0.717, 1.165) is 122 Å². The molecule has 0 aromatic carbocycles. The lowest BCUT2D eigenvalue weighted by Crippen LogP contribution is -2.51. The molecule has 0 aliphatic heterocycles. The number of esters is 2. The van der Waals surface area contributed by atoms with Crippen LogP contribution >= 0.6 is 21.6 Å². The van der Waals surface area contributed by atoms with E-state index >= 15 is 0 Å². The third-order valence-corrected chi connectivity index (χ3v) is 28.0. The summed E-state index contributed by atoms with van der Waals surface area (Å²) in [7, 11) is 4.16. The second kappa shape index (κ2) is 30.7. The van der Waals surface area contributed by atoms with Crippen molar-refractivity contribution in [3.8, 4) is 0 Å². The van der Waals surface area contributed by atoms with Gasteiger partial charge in [-0.15, -0.1) is 0 Å². The van der Waals surface area contributed by atoms with Crippen molar-refractivity contribution < 1.29 is 19.1 Å². The summed E-state index contributed by atoms with van der Waals surface area (Å²) < 4.78 is 12.4.